The molecule has 96 valence electrons. The van der Waals surface area contributed by atoms with Crippen LogP contribution in [0, 0.1) is 0 Å². The van der Waals surface area contributed by atoms with Crippen LogP contribution in [0.5, 0.6) is 5.75 Å². The number of rotatable bonds is 7. The summed E-state index contributed by atoms with van der Waals surface area (Å²) in [5.41, 5.74) is 0. The molecule has 2 heteroatoms. The highest BCUT2D eigenvalue weighted by atomic mass is 79.9. The van der Waals surface area contributed by atoms with E-state index in [0.29, 0.717) is 0 Å². The molecule has 0 aliphatic rings. The van der Waals surface area contributed by atoms with Gasteiger partial charge >= 0.3 is 0 Å². The molecule has 0 bridgehead atoms. The van der Waals surface area contributed by atoms with Gasteiger partial charge in [-0.25, -0.2) is 0 Å². The Kier molecular flexibility index (Phi) is 5.53. The zero-order valence-electron chi connectivity index (χ0n) is 10.6. The van der Waals surface area contributed by atoms with Gasteiger partial charge in [0.05, 0.1) is 6.61 Å². The molecule has 0 amide bonds. The maximum absolute atomic E-state index is 5.78. The first-order valence-electron chi connectivity index (χ1n) is 6.58. The third-order valence-electron chi connectivity index (χ3n) is 3.02. The van der Waals surface area contributed by atoms with Crippen molar-refractivity contribution in [2.24, 2.45) is 0 Å². The van der Waals surface area contributed by atoms with E-state index in [9.17, 15) is 0 Å². The molecule has 1 nitrogen and oxygen atoms in total. The van der Waals surface area contributed by atoms with Crippen molar-refractivity contribution in [1.82, 2.24) is 0 Å². The summed E-state index contributed by atoms with van der Waals surface area (Å²) < 4.78 is 5.78. The molecule has 0 aliphatic heterocycles. The molecule has 0 heterocycles. The number of halogens is 1. The number of unbranched alkanes of at least 4 members (excludes halogenated alkanes) is 3. The Morgan fingerprint density at radius 2 is 1.61 bits per heavy atom. The van der Waals surface area contributed by atoms with E-state index in [-0.39, 0.29) is 0 Å². The quantitative estimate of drug-likeness (QED) is 0.506. The lowest BCUT2D eigenvalue weighted by molar-refractivity contribution is 0.305. The van der Waals surface area contributed by atoms with Gasteiger partial charge in [-0.15, -0.1) is 0 Å². The van der Waals surface area contributed by atoms with Crippen LogP contribution in [0.25, 0.3) is 10.8 Å². The van der Waals surface area contributed by atoms with Gasteiger partial charge in [0.1, 0.15) is 5.75 Å². The Morgan fingerprint density at radius 3 is 2.44 bits per heavy atom. The number of benzene rings is 2. The van der Waals surface area contributed by atoms with Crippen LogP contribution >= 0.6 is 15.9 Å². The van der Waals surface area contributed by atoms with Crippen LogP contribution < -0.4 is 4.74 Å². The minimum Gasteiger partial charge on any atom is -0.494 e. The molecule has 0 radical (unpaired) electrons. The third kappa shape index (κ3) is 4.02. The van der Waals surface area contributed by atoms with Crippen LogP contribution in [-0.2, 0) is 0 Å². The Labute approximate surface area is 117 Å². The lowest BCUT2D eigenvalue weighted by atomic mass is 10.1. The van der Waals surface area contributed by atoms with Crippen molar-refractivity contribution in [3.8, 4) is 5.75 Å². The molecule has 0 atom stereocenters. The van der Waals surface area contributed by atoms with Crippen molar-refractivity contribution < 1.29 is 4.74 Å². The van der Waals surface area contributed by atoms with Crippen LogP contribution in [0.2, 0.25) is 0 Å². The monoisotopic (exact) mass is 306 g/mol. The third-order valence-corrected chi connectivity index (χ3v) is 3.58. The van der Waals surface area contributed by atoms with Gasteiger partial charge in [-0.05, 0) is 35.7 Å². The minimum atomic E-state index is 0.820. The maximum Gasteiger partial charge on any atom is 0.119 e. The smallest absolute Gasteiger partial charge is 0.119 e. The van der Waals surface area contributed by atoms with Crippen LogP contribution in [-0.4, -0.2) is 11.9 Å². The molecule has 18 heavy (non-hydrogen) atoms. The van der Waals surface area contributed by atoms with Crippen molar-refractivity contribution in [2.45, 2.75) is 25.7 Å². The van der Waals surface area contributed by atoms with E-state index in [1.165, 1.54) is 30.0 Å². The Morgan fingerprint density at radius 1 is 0.833 bits per heavy atom. The van der Waals surface area contributed by atoms with Crippen molar-refractivity contribution in [2.75, 3.05) is 11.9 Å². The lowest BCUT2D eigenvalue weighted by Crippen LogP contribution is -1.97. The molecule has 0 saturated carbocycles. The van der Waals surface area contributed by atoms with Crippen molar-refractivity contribution >= 4 is 26.7 Å². The molecule has 2 rings (SSSR count). The summed E-state index contributed by atoms with van der Waals surface area (Å²) in [5.74, 6) is 0.981. The maximum atomic E-state index is 5.78. The van der Waals surface area contributed by atoms with Gasteiger partial charge in [-0.2, -0.15) is 0 Å². The zero-order valence-corrected chi connectivity index (χ0v) is 12.2. The summed E-state index contributed by atoms with van der Waals surface area (Å²) in [6.07, 6.45) is 4.93. The highest BCUT2D eigenvalue weighted by molar-refractivity contribution is 9.09. The molecule has 0 aliphatic carbocycles. The predicted molar refractivity (Wildman–Crippen MR) is 81.7 cm³/mol. The molecule has 0 spiro atoms. The van der Waals surface area contributed by atoms with Crippen LogP contribution in [0.3, 0.4) is 0 Å². The van der Waals surface area contributed by atoms with Gasteiger partial charge in [0.15, 0.2) is 0 Å². The topological polar surface area (TPSA) is 9.23 Å². The first-order valence-corrected chi connectivity index (χ1v) is 7.70. The molecular weight excluding hydrogens is 288 g/mol. The van der Waals surface area contributed by atoms with E-state index in [4.69, 9.17) is 4.74 Å². The van der Waals surface area contributed by atoms with Crippen molar-refractivity contribution in [1.29, 1.82) is 0 Å². The number of alkyl halides is 1. The standard InChI is InChI=1S/C16H19BrO/c17-11-5-1-2-6-12-18-16-10-9-14-7-3-4-8-15(14)13-16/h3-4,7-10,13H,1-2,5-6,11-12H2. The zero-order chi connectivity index (χ0) is 12.6. The van der Waals surface area contributed by atoms with Crippen LogP contribution in [0.4, 0.5) is 0 Å². The SMILES string of the molecule is BrCCCCCCOc1ccc2ccccc2c1. The van der Waals surface area contributed by atoms with Crippen LogP contribution in [0.15, 0.2) is 42.5 Å². The molecule has 0 fully saturated rings. The van der Waals surface area contributed by atoms with Gasteiger partial charge in [-0.1, -0.05) is 59.1 Å². The van der Waals surface area contributed by atoms with Gasteiger partial charge < -0.3 is 4.74 Å². The fourth-order valence-electron chi connectivity index (χ4n) is 2.00. The average molecular weight is 307 g/mol. The van der Waals surface area contributed by atoms with Gasteiger partial charge in [0, 0.05) is 5.33 Å². The molecule has 2 aromatic rings. The predicted octanol–water partition coefficient (Wildman–Crippen LogP) is 5.17. The van der Waals surface area contributed by atoms with Crippen molar-refractivity contribution in [3.63, 3.8) is 0 Å². The number of ether oxygens (including phenoxy) is 1. The molecule has 0 aromatic heterocycles. The Balaban J connectivity index is 1.81. The molecular formula is C16H19BrO. The fourth-order valence-corrected chi connectivity index (χ4v) is 2.39. The largest absolute Gasteiger partial charge is 0.494 e. The number of hydrogen-bond acceptors (Lipinski definition) is 1. The lowest BCUT2D eigenvalue weighted by Gasteiger charge is -2.07. The fraction of sp³-hybridized carbons (Fsp3) is 0.375. The van der Waals surface area contributed by atoms with E-state index < -0.39 is 0 Å². The number of hydrogen-bond donors (Lipinski definition) is 0. The van der Waals surface area contributed by atoms with Gasteiger partial charge in [-0.3, -0.25) is 0 Å². The van der Waals surface area contributed by atoms with E-state index in [1.807, 2.05) is 0 Å². The summed E-state index contributed by atoms with van der Waals surface area (Å²) in [7, 11) is 0. The summed E-state index contributed by atoms with van der Waals surface area (Å²) in [6, 6.07) is 14.7. The first kappa shape index (κ1) is 13.4. The van der Waals surface area contributed by atoms with Gasteiger partial charge in [0.2, 0.25) is 0 Å². The number of fused-ring (bicyclic) bond motifs is 1. The second-order valence-electron chi connectivity index (χ2n) is 4.46. The minimum absolute atomic E-state index is 0.820. The molecule has 0 unspecified atom stereocenters. The normalized spacial score (nSPS) is 10.7. The molecule has 0 N–H and O–H groups in total. The Hall–Kier alpha value is -1.02. The second-order valence-corrected chi connectivity index (χ2v) is 5.25. The van der Waals surface area contributed by atoms with Crippen molar-refractivity contribution in [3.05, 3.63) is 42.5 Å². The van der Waals surface area contributed by atoms with E-state index in [1.54, 1.807) is 0 Å². The highest BCUT2D eigenvalue weighted by Crippen LogP contribution is 2.20. The van der Waals surface area contributed by atoms with E-state index >= 15 is 0 Å². The van der Waals surface area contributed by atoms with Gasteiger partial charge in [0.25, 0.3) is 0 Å². The second kappa shape index (κ2) is 7.42. The average Bonchev–Trinajstić information content (AvgIpc) is 2.42. The summed E-state index contributed by atoms with van der Waals surface area (Å²) >= 11 is 3.45. The highest BCUT2D eigenvalue weighted by Gasteiger charge is 1.97. The molecule has 0 saturated heterocycles. The molecule has 2 aromatic carbocycles. The van der Waals surface area contributed by atoms with E-state index in [0.717, 1.165) is 24.1 Å². The summed E-state index contributed by atoms with van der Waals surface area (Å²) in [5, 5.41) is 3.62. The van der Waals surface area contributed by atoms with E-state index in [2.05, 4.69) is 58.4 Å². The summed E-state index contributed by atoms with van der Waals surface area (Å²) in [6.45, 7) is 0.820. The van der Waals surface area contributed by atoms with Crippen LogP contribution in [0.1, 0.15) is 25.7 Å². The first-order chi connectivity index (χ1) is 8.90. The summed E-state index contributed by atoms with van der Waals surface area (Å²) in [4.78, 5) is 0. The Bertz CT molecular complexity index is 481.